The number of hydrogen-bond donors (Lipinski definition) is 1. The Bertz CT molecular complexity index is 347. The van der Waals surface area contributed by atoms with Gasteiger partial charge in [-0.1, -0.05) is 0 Å². The highest BCUT2D eigenvalue weighted by atomic mass is 79.9. The summed E-state index contributed by atoms with van der Waals surface area (Å²) in [4.78, 5) is 10.7. The Morgan fingerprint density at radius 2 is 2.23 bits per heavy atom. The van der Waals surface area contributed by atoms with Crippen molar-refractivity contribution >= 4 is 22.2 Å². The predicted octanol–water partition coefficient (Wildman–Crippen LogP) is 2.28. The first kappa shape index (κ1) is 10.1. The molecular formula is C9H9BrO3. The molecule has 0 unspecified atom stereocenters. The third kappa shape index (κ3) is 1.67. The van der Waals surface area contributed by atoms with Gasteiger partial charge in [0.15, 0.2) is 17.8 Å². The fourth-order valence-electron chi connectivity index (χ4n) is 1.10. The predicted molar refractivity (Wildman–Crippen MR) is 52.5 cm³/mol. The lowest BCUT2D eigenvalue weighted by Crippen LogP contribution is -1.93. The number of aryl methyl sites for hydroxylation is 1. The number of halogens is 1. The Labute approximate surface area is 84.5 Å². The second kappa shape index (κ2) is 3.79. The average molecular weight is 245 g/mol. The highest BCUT2D eigenvalue weighted by Crippen LogP contribution is 2.37. The van der Waals surface area contributed by atoms with E-state index >= 15 is 0 Å². The molecule has 0 saturated heterocycles. The molecular weight excluding hydrogens is 236 g/mol. The van der Waals surface area contributed by atoms with E-state index in [1.807, 2.05) is 0 Å². The Kier molecular flexibility index (Phi) is 2.93. The Balaban J connectivity index is 3.47. The van der Waals surface area contributed by atoms with Gasteiger partial charge in [-0.25, -0.2) is 0 Å². The van der Waals surface area contributed by atoms with Crippen LogP contribution in [0.25, 0.3) is 0 Å². The van der Waals surface area contributed by atoms with E-state index in [9.17, 15) is 9.90 Å². The minimum Gasteiger partial charge on any atom is -0.504 e. The number of phenols is 1. The van der Waals surface area contributed by atoms with Crippen molar-refractivity contribution in [2.24, 2.45) is 0 Å². The van der Waals surface area contributed by atoms with E-state index in [0.29, 0.717) is 15.6 Å². The number of carbonyl (C=O) groups is 1. The maximum Gasteiger partial charge on any atom is 0.175 e. The largest absolute Gasteiger partial charge is 0.504 e. The molecule has 0 aromatic heterocycles. The van der Waals surface area contributed by atoms with Crippen LogP contribution in [0.3, 0.4) is 0 Å². The molecule has 0 aliphatic rings. The van der Waals surface area contributed by atoms with E-state index < -0.39 is 0 Å². The van der Waals surface area contributed by atoms with Gasteiger partial charge in [0, 0.05) is 5.56 Å². The molecule has 3 nitrogen and oxygen atoms in total. The molecule has 0 atom stereocenters. The van der Waals surface area contributed by atoms with Crippen molar-refractivity contribution in [1.29, 1.82) is 0 Å². The molecule has 0 bridgehead atoms. The molecule has 0 aliphatic carbocycles. The third-order valence-corrected chi connectivity index (χ3v) is 2.56. The van der Waals surface area contributed by atoms with E-state index in [4.69, 9.17) is 4.74 Å². The normalized spacial score (nSPS) is 9.77. The standard InChI is InChI=1S/C9H9BrO3/c1-5-3-7(12)9(13-2)8(10)6(5)4-11/h3-4,12H,1-2H3. The highest BCUT2D eigenvalue weighted by molar-refractivity contribution is 9.10. The molecule has 0 saturated carbocycles. The van der Waals surface area contributed by atoms with Crippen LogP contribution in [0.2, 0.25) is 0 Å². The quantitative estimate of drug-likeness (QED) is 0.813. The van der Waals surface area contributed by atoms with Crippen LogP contribution in [0.1, 0.15) is 15.9 Å². The fourth-order valence-corrected chi connectivity index (χ4v) is 1.87. The maximum absolute atomic E-state index is 10.7. The lowest BCUT2D eigenvalue weighted by atomic mass is 10.1. The molecule has 70 valence electrons. The molecule has 1 aromatic rings. The van der Waals surface area contributed by atoms with Crippen LogP contribution in [-0.4, -0.2) is 18.5 Å². The first-order valence-corrected chi connectivity index (χ1v) is 4.42. The van der Waals surface area contributed by atoms with Crippen LogP contribution in [0.15, 0.2) is 10.5 Å². The average Bonchev–Trinajstić information content (AvgIpc) is 2.04. The number of rotatable bonds is 2. The summed E-state index contributed by atoms with van der Waals surface area (Å²) in [5.41, 5.74) is 1.20. The number of ether oxygens (including phenoxy) is 1. The van der Waals surface area contributed by atoms with Crippen molar-refractivity contribution < 1.29 is 14.6 Å². The summed E-state index contributed by atoms with van der Waals surface area (Å²) in [6.45, 7) is 1.74. The number of methoxy groups -OCH3 is 1. The van der Waals surface area contributed by atoms with Crippen LogP contribution >= 0.6 is 15.9 Å². The molecule has 1 N–H and O–H groups in total. The Hall–Kier alpha value is -1.03. The molecule has 0 heterocycles. The van der Waals surface area contributed by atoms with E-state index in [-0.39, 0.29) is 11.5 Å². The molecule has 0 amide bonds. The minimum atomic E-state index is 0.0254. The summed E-state index contributed by atoms with van der Waals surface area (Å²) in [5, 5.41) is 9.42. The molecule has 0 aliphatic heterocycles. The maximum atomic E-state index is 10.7. The number of aromatic hydroxyl groups is 1. The van der Waals surface area contributed by atoms with Gasteiger partial charge in [-0.15, -0.1) is 0 Å². The summed E-state index contributed by atoms with van der Waals surface area (Å²) in [6, 6.07) is 1.49. The number of hydrogen-bond acceptors (Lipinski definition) is 3. The van der Waals surface area contributed by atoms with Gasteiger partial charge in [0.1, 0.15) is 0 Å². The van der Waals surface area contributed by atoms with Gasteiger partial charge in [0.05, 0.1) is 11.6 Å². The zero-order valence-corrected chi connectivity index (χ0v) is 8.88. The molecule has 0 radical (unpaired) electrons. The van der Waals surface area contributed by atoms with Crippen molar-refractivity contribution in [1.82, 2.24) is 0 Å². The molecule has 0 spiro atoms. The topological polar surface area (TPSA) is 46.5 Å². The second-order valence-corrected chi connectivity index (χ2v) is 3.38. The van der Waals surface area contributed by atoms with Crippen LogP contribution in [-0.2, 0) is 0 Å². The second-order valence-electron chi connectivity index (χ2n) is 2.59. The van der Waals surface area contributed by atoms with Crippen LogP contribution in [0.5, 0.6) is 11.5 Å². The van der Waals surface area contributed by atoms with E-state index in [2.05, 4.69) is 15.9 Å². The molecule has 4 heteroatoms. The van der Waals surface area contributed by atoms with Gasteiger partial charge in [0.25, 0.3) is 0 Å². The Morgan fingerprint density at radius 1 is 1.62 bits per heavy atom. The summed E-state index contributed by atoms with van der Waals surface area (Å²) in [5.74, 6) is 0.310. The number of aldehydes is 1. The molecule has 1 aromatic carbocycles. The minimum absolute atomic E-state index is 0.0254. The van der Waals surface area contributed by atoms with Gasteiger partial charge in [-0.2, -0.15) is 0 Å². The van der Waals surface area contributed by atoms with Crippen molar-refractivity contribution in [3.05, 3.63) is 21.7 Å². The monoisotopic (exact) mass is 244 g/mol. The van der Waals surface area contributed by atoms with Gasteiger partial charge in [-0.3, -0.25) is 4.79 Å². The first-order valence-electron chi connectivity index (χ1n) is 3.63. The number of phenolic OH excluding ortho intramolecular Hbond substituents is 1. The summed E-state index contributed by atoms with van der Waals surface area (Å²) < 4.78 is 5.41. The lowest BCUT2D eigenvalue weighted by molar-refractivity contribution is 0.112. The van der Waals surface area contributed by atoms with Crippen LogP contribution in [0, 0.1) is 6.92 Å². The summed E-state index contributed by atoms with van der Waals surface area (Å²) in [6.07, 6.45) is 0.724. The van der Waals surface area contributed by atoms with Crippen molar-refractivity contribution in [2.75, 3.05) is 7.11 Å². The van der Waals surface area contributed by atoms with Gasteiger partial charge < -0.3 is 9.84 Å². The lowest BCUT2D eigenvalue weighted by Gasteiger charge is -2.09. The SMILES string of the molecule is COc1c(O)cc(C)c(C=O)c1Br. The van der Waals surface area contributed by atoms with Gasteiger partial charge >= 0.3 is 0 Å². The number of carbonyl (C=O) groups excluding carboxylic acids is 1. The van der Waals surface area contributed by atoms with Crippen molar-refractivity contribution in [3.8, 4) is 11.5 Å². The summed E-state index contributed by atoms with van der Waals surface area (Å²) >= 11 is 3.19. The first-order chi connectivity index (χ1) is 6.11. The number of benzene rings is 1. The van der Waals surface area contributed by atoms with Crippen molar-refractivity contribution in [3.63, 3.8) is 0 Å². The zero-order valence-electron chi connectivity index (χ0n) is 7.30. The van der Waals surface area contributed by atoms with Gasteiger partial charge in [0.2, 0.25) is 0 Å². The smallest absolute Gasteiger partial charge is 0.175 e. The highest BCUT2D eigenvalue weighted by Gasteiger charge is 2.13. The summed E-state index contributed by atoms with van der Waals surface area (Å²) in [7, 11) is 1.43. The van der Waals surface area contributed by atoms with Crippen LogP contribution in [0.4, 0.5) is 0 Å². The van der Waals surface area contributed by atoms with E-state index in [1.54, 1.807) is 6.92 Å². The Morgan fingerprint density at radius 3 is 2.69 bits per heavy atom. The van der Waals surface area contributed by atoms with Crippen LogP contribution < -0.4 is 4.74 Å². The van der Waals surface area contributed by atoms with E-state index in [0.717, 1.165) is 6.29 Å². The molecule has 13 heavy (non-hydrogen) atoms. The van der Waals surface area contributed by atoms with Gasteiger partial charge in [-0.05, 0) is 34.5 Å². The molecule has 1 rings (SSSR count). The van der Waals surface area contributed by atoms with E-state index in [1.165, 1.54) is 13.2 Å². The molecule has 0 fully saturated rings. The third-order valence-electron chi connectivity index (χ3n) is 1.77. The zero-order chi connectivity index (χ0) is 10.0. The fraction of sp³-hybridized carbons (Fsp3) is 0.222. The van der Waals surface area contributed by atoms with Crippen molar-refractivity contribution in [2.45, 2.75) is 6.92 Å².